The van der Waals surface area contributed by atoms with Crippen molar-refractivity contribution in [3.8, 4) is 17.0 Å². The lowest BCUT2D eigenvalue weighted by molar-refractivity contribution is 0.399. The van der Waals surface area contributed by atoms with E-state index in [-0.39, 0.29) is 0 Å². The minimum Gasteiger partial charge on any atom is -0.481 e. The monoisotopic (exact) mass is 271 g/mol. The predicted octanol–water partition coefficient (Wildman–Crippen LogP) is 3.35. The lowest BCUT2D eigenvalue weighted by Gasteiger charge is -2.07. The highest BCUT2D eigenvalue weighted by atomic mass is 35.5. The van der Waals surface area contributed by atoms with Crippen LogP contribution < -0.4 is 4.74 Å². The SMILES string of the molecule is COc1ccc2ncc(-c3ccncc3)c(Cl)c2n1. The summed E-state index contributed by atoms with van der Waals surface area (Å²) in [5, 5.41) is 0.565. The third-order valence-electron chi connectivity index (χ3n) is 2.83. The zero-order valence-electron chi connectivity index (χ0n) is 10.2. The van der Waals surface area contributed by atoms with Crippen LogP contribution in [-0.4, -0.2) is 22.1 Å². The Morgan fingerprint density at radius 1 is 1.11 bits per heavy atom. The first-order chi connectivity index (χ1) is 9.29. The molecule has 19 heavy (non-hydrogen) atoms. The summed E-state index contributed by atoms with van der Waals surface area (Å²) >= 11 is 6.43. The molecule has 3 aromatic rings. The van der Waals surface area contributed by atoms with E-state index in [0.29, 0.717) is 16.4 Å². The molecule has 0 bridgehead atoms. The van der Waals surface area contributed by atoms with Crippen LogP contribution in [0.5, 0.6) is 5.88 Å². The van der Waals surface area contributed by atoms with Gasteiger partial charge >= 0.3 is 0 Å². The van der Waals surface area contributed by atoms with E-state index in [1.807, 2.05) is 18.2 Å². The van der Waals surface area contributed by atoms with Crippen LogP contribution in [0.25, 0.3) is 22.2 Å². The highest BCUT2D eigenvalue weighted by molar-refractivity contribution is 6.37. The lowest BCUT2D eigenvalue weighted by atomic mass is 10.1. The quantitative estimate of drug-likeness (QED) is 0.717. The molecule has 4 nitrogen and oxygen atoms in total. The molecule has 5 heteroatoms. The van der Waals surface area contributed by atoms with Crippen LogP contribution in [0, 0.1) is 0 Å². The highest BCUT2D eigenvalue weighted by Gasteiger charge is 2.10. The molecule has 0 aliphatic rings. The predicted molar refractivity (Wildman–Crippen MR) is 74.3 cm³/mol. The highest BCUT2D eigenvalue weighted by Crippen LogP contribution is 2.32. The molecule has 3 rings (SSSR count). The Bertz CT molecular complexity index is 731. The van der Waals surface area contributed by atoms with Crippen LogP contribution >= 0.6 is 11.6 Å². The molecule has 0 aliphatic carbocycles. The number of ether oxygens (including phenoxy) is 1. The summed E-state index contributed by atoms with van der Waals surface area (Å²) in [6.07, 6.45) is 5.18. The van der Waals surface area contributed by atoms with Crippen molar-refractivity contribution in [3.05, 3.63) is 47.9 Å². The number of pyridine rings is 3. The molecule has 0 unspecified atom stereocenters. The summed E-state index contributed by atoms with van der Waals surface area (Å²) in [6.45, 7) is 0. The number of halogens is 1. The van der Waals surface area contributed by atoms with Gasteiger partial charge in [-0.05, 0) is 23.8 Å². The van der Waals surface area contributed by atoms with E-state index in [9.17, 15) is 0 Å². The van der Waals surface area contributed by atoms with Gasteiger partial charge in [0.1, 0.15) is 5.52 Å². The number of methoxy groups -OCH3 is 1. The minimum absolute atomic E-state index is 0.517. The van der Waals surface area contributed by atoms with Crippen molar-refractivity contribution >= 4 is 22.6 Å². The lowest BCUT2D eigenvalue weighted by Crippen LogP contribution is -1.92. The number of fused-ring (bicyclic) bond motifs is 1. The van der Waals surface area contributed by atoms with Crippen LogP contribution in [0.2, 0.25) is 5.02 Å². The molecule has 0 aliphatic heterocycles. The van der Waals surface area contributed by atoms with Crippen molar-refractivity contribution in [3.63, 3.8) is 0 Å². The number of rotatable bonds is 2. The molecule has 0 spiro atoms. The first-order valence-corrected chi connectivity index (χ1v) is 6.07. The molecule has 94 valence electrons. The number of nitrogens with zero attached hydrogens (tertiary/aromatic N) is 3. The maximum Gasteiger partial charge on any atom is 0.213 e. The van der Waals surface area contributed by atoms with Crippen molar-refractivity contribution in [2.24, 2.45) is 0 Å². The Balaban J connectivity index is 2.25. The standard InChI is InChI=1S/C14H10ClN3O/c1-19-12-3-2-11-14(18-12)13(15)10(8-17-11)9-4-6-16-7-5-9/h2-8H,1H3. The molecule has 3 aromatic heterocycles. The minimum atomic E-state index is 0.517. The molecule has 0 fully saturated rings. The summed E-state index contributed by atoms with van der Waals surface area (Å²) in [7, 11) is 1.57. The number of hydrogen-bond acceptors (Lipinski definition) is 4. The van der Waals surface area contributed by atoms with E-state index in [0.717, 1.165) is 16.6 Å². The van der Waals surface area contributed by atoms with Crippen molar-refractivity contribution in [2.75, 3.05) is 7.11 Å². The van der Waals surface area contributed by atoms with Crippen LogP contribution in [0.3, 0.4) is 0 Å². The molecule has 0 radical (unpaired) electrons. The van der Waals surface area contributed by atoms with Crippen LogP contribution in [0.1, 0.15) is 0 Å². The summed E-state index contributed by atoms with van der Waals surface area (Å²) in [4.78, 5) is 12.7. The van der Waals surface area contributed by atoms with Crippen LogP contribution in [0.4, 0.5) is 0 Å². The molecule has 0 amide bonds. The summed E-state index contributed by atoms with van der Waals surface area (Å²) in [5.41, 5.74) is 3.16. The Kier molecular flexibility index (Phi) is 3.01. The molecule has 0 atom stereocenters. The largest absolute Gasteiger partial charge is 0.481 e. The average molecular weight is 272 g/mol. The van der Waals surface area contributed by atoms with Gasteiger partial charge in [0.25, 0.3) is 0 Å². The van der Waals surface area contributed by atoms with Crippen molar-refractivity contribution < 1.29 is 4.74 Å². The van der Waals surface area contributed by atoms with Gasteiger partial charge in [0, 0.05) is 30.2 Å². The Hall–Kier alpha value is -2.20. The molecular weight excluding hydrogens is 262 g/mol. The average Bonchev–Trinajstić information content (AvgIpc) is 2.48. The normalized spacial score (nSPS) is 10.6. The fraction of sp³-hybridized carbons (Fsp3) is 0.0714. The van der Waals surface area contributed by atoms with E-state index < -0.39 is 0 Å². The second-order valence-corrected chi connectivity index (χ2v) is 4.32. The molecule has 0 saturated heterocycles. The summed E-state index contributed by atoms with van der Waals surface area (Å²) < 4.78 is 5.12. The summed E-state index contributed by atoms with van der Waals surface area (Å²) in [6, 6.07) is 7.37. The van der Waals surface area contributed by atoms with Crippen molar-refractivity contribution in [1.29, 1.82) is 0 Å². The molecular formula is C14H10ClN3O. The second kappa shape index (κ2) is 4.82. The third kappa shape index (κ3) is 2.11. The smallest absolute Gasteiger partial charge is 0.213 e. The van der Waals surface area contributed by atoms with Gasteiger partial charge in [0.2, 0.25) is 5.88 Å². The maximum atomic E-state index is 6.43. The van der Waals surface area contributed by atoms with Gasteiger partial charge in [0.05, 0.1) is 17.6 Å². The van der Waals surface area contributed by atoms with E-state index in [1.165, 1.54) is 0 Å². The topological polar surface area (TPSA) is 47.9 Å². The first-order valence-electron chi connectivity index (χ1n) is 5.69. The number of hydrogen-bond donors (Lipinski definition) is 0. The van der Waals surface area contributed by atoms with Crippen LogP contribution in [-0.2, 0) is 0 Å². The van der Waals surface area contributed by atoms with Gasteiger partial charge < -0.3 is 4.74 Å². The van der Waals surface area contributed by atoms with Crippen molar-refractivity contribution in [1.82, 2.24) is 15.0 Å². The van der Waals surface area contributed by atoms with Gasteiger partial charge in [-0.1, -0.05) is 11.6 Å². The second-order valence-electron chi connectivity index (χ2n) is 3.94. The van der Waals surface area contributed by atoms with Gasteiger partial charge in [-0.15, -0.1) is 0 Å². The molecule has 0 aromatic carbocycles. The zero-order valence-corrected chi connectivity index (χ0v) is 10.9. The Morgan fingerprint density at radius 3 is 2.63 bits per heavy atom. The van der Waals surface area contributed by atoms with Crippen LogP contribution in [0.15, 0.2) is 42.9 Å². The fourth-order valence-electron chi connectivity index (χ4n) is 1.86. The van der Waals surface area contributed by atoms with Gasteiger partial charge in [-0.3, -0.25) is 9.97 Å². The number of aromatic nitrogens is 3. The van der Waals surface area contributed by atoms with E-state index in [2.05, 4.69) is 15.0 Å². The van der Waals surface area contributed by atoms with E-state index in [1.54, 1.807) is 31.8 Å². The maximum absolute atomic E-state index is 6.43. The van der Waals surface area contributed by atoms with E-state index in [4.69, 9.17) is 16.3 Å². The molecule has 0 saturated carbocycles. The van der Waals surface area contributed by atoms with Crippen molar-refractivity contribution in [2.45, 2.75) is 0 Å². The van der Waals surface area contributed by atoms with E-state index >= 15 is 0 Å². The molecule has 0 N–H and O–H groups in total. The third-order valence-corrected chi connectivity index (χ3v) is 3.21. The van der Waals surface area contributed by atoms with Gasteiger partial charge in [-0.2, -0.15) is 0 Å². The Labute approximate surface area is 115 Å². The molecule has 3 heterocycles. The summed E-state index contributed by atoms with van der Waals surface area (Å²) in [5.74, 6) is 0.517. The first kappa shape index (κ1) is 11.9. The fourth-order valence-corrected chi connectivity index (χ4v) is 2.16. The van der Waals surface area contributed by atoms with Gasteiger partial charge in [-0.25, -0.2) is 4.98 Å². The zero-order chi connectivity index (χ0) is 13.2. The Morgan fingerprint density at radius 2 is 1.89 bits per heavy atom. The van der Waals surface area contributed by atoms with Gasteiger partial charge in [0.15, 0.2) is 0 Å².